The van der Waals surface area contributed by atoms with Gasteiger partial charge < -0.3 is 15.0 Å². The summed E-state index contributed by atoms with van der Waals surface area (Å²) in [5.74, 6) is -2.82. The lowest BCUT2D eigenvalue weighted by molar-refractivity contribution is -0.112. The number of benzene rings is 2. The topological polar surface area (TPSA) is 88.3 Å². The monoisotopic (exact) mass is 408 g/mol. The Morgan fingerprint density at radius 2 is 1.63 bits per heavy atom. The Balaban J connectivity index is 2.04. The second-order valence-electron chi connectivity index (χ2n) is 6.75. The van der Waals surface area contributed by atoms with E-state index in [0.29, 0.717) is 16.9 Å². The van der Waals surface area contributed by atoms with Crippen molar-refractivity contribution in [2.45, 2.75) is 20.8 Å². The maximum Gasteiger partial charge on any atom is 0.340 e. The molecule has 2 N–H and O–H groups in total. The molecule has 0 aliphatic heterocycles. The minimum Gasteiger partial charge on any atom is -0.462 e. The fourth-order valence-electron chi connectivity index (χ4n) is 3.10. The van der Waals surface area contributed by atoms with Gasteiger partial charge in [0.1, 0.15) is 11.5 Å². The fraction of sp³-hybridized carbons (Fsp3) is 0.174. The summed E-state index contributed by atoms with van der Waals surface area (Å²) in [4.78, 5) is 40.9. The number of hydrogen-bond acceptors (Lipinski definition) is 4. The molecule has 0 saturated heterocycles. The van der Waals surface area contributed by atoms with Crippen LogP contribution in [0.2, 0.25) is 0 Å². The third-order valence-corrected chi connectivity index (χ3v) is 4.54. The van der Waals surface area contributed by atoms with Crippen molar-refractivity contribution in [3.8, 4) is 11.1 Å². The number of H-pyrrole nitrogens is 1. The largest absolute Gasteiger partial charge is 0.462 e. The van der Waals surface area contributed by atoms with Crippen LogP contribution in [0.25, 0.3) is 11.1 Å². The standard InChI is InChI=1S/C23H21FN2O4/c1-4-30-23(29)18-14(3)25-20(19(18)15-7-9-16(24)10-8-15)21(27)22(28)26-17-11-5-13(2)6-12-17/h5-12,25H,4H2,1-3H3,(H,26,28). The number of hydrogen-bond donors (Lipinski definition) is 2. The lowest BCUT2D eigenvalue weighted by Crippen LogP contribution is -2.24. The predicted octanol–water partition coefficient (Wildman–Crippen LogP) is 4.44. The number of amides is 1. The molecule has 0 saturated carbocycles. The van der Waals surface area contributed by atoms with E-state index in [1.54, 1.807) is 26.0 Å². The zero-order chi connectivity index (χ0) is 21.8. The van der Waals surface area contributed by atoms with Crippen molar-refractivity contribution in [3.05, 3.63) is 76.9 Å². The van der Waals surface area contributed by atoms with Gasteiger partial charge in [-0.05, 0) is 50.6 Å². The molecule has 0 atom stereocenters. The third kappa shape index (κ3) is 4.30. The van der Waals surface area contributed by atoms with Crippen LogP contribution in [-0.2, 0) is 9.53 Å². The van der Waals surface area contributed by atoms with E-state index in [9.17, 15) is 18.8 Å². The van der Waals surface area contributed by atoms with Gasteiger partial charge in [-0.25, -0.2) is 9.18 Å². The second kappa shape index (κ2) is 8.73. The van der Waals surface area contributed by atoms with Crippen molar-refractivity contribution in [3.63, 3.8) is 0 Å². The molecule has 0 fully saturated rings. The third-order valence-electron chi connectivity index (χ3n) is 4.54. The Hall–Kier alpha value is -3.74. The van der Waals surface area contributed by atoms with E-state index in [1.165, 1.54) is 24.3 Å². The Kier molecular flexibility index (Phi) is 6.11. The van der Waals surface area contributed by atoms with Crippen LogP contribution in [0.15, 0.2) is 48.5 Å². The van der Waals surface area contributed by atoms with Gasteiger partial charge in [0.25, 0.3) is 11.7 Å². The molecule has 0 spiro atoms. The quantitative estimate of drug-likeness (QED) is 0.359. The summed E-state index contributed by atoms with van der Waals surface area (Å²) in [7, 11) is 0. The number of aromatic amines is 1. The van der Waals surface area contributed by atoms with Gasteiger partial charge in [-0.1, -0.05) is 29.8 Å². The first-order chi connectivity index (χ1) is 14.3. The molecule has 0 radical (unpaired) electrons. The van der Waals surface area contributed by atoms with Crippen LogP contribution in [0, 0.1) is 19.7 Å². The van der Waals surface area contributed by atoms with E-state index in [1.807, 2.05) is 19.1 Å². The number of rotatable bonds is 6. The number of aromatic nitrogens is 1. The van der Waals surface area contributed by atoms with E-state index >= 15 is 0 Å². The first-order valence-corrected chi connectivity index (χ1v) is 9.39. The van der Waals surface area contributed by atoms with Crippen LogP contribution < -0.4 is 5.32 Å². The van der Waals surface area contributed by atoms with Crippen LogP contribution in [0.1, 0.15) is 39.0 Å². The van der Waals surface area contributed by atoms with E-state index in [0.717, 1.165) is 5.56 Å². The first-order valence-electron chi connectivity index (χ1n) is 9.39. The normalized spacial score (nSPS) is 10.5. The van der Waals surface area contributed by atoms with Crippen LogP contribution in [0.3, 0.4) is 0 Å². The van der Waals surface area contributed by atoms with Crippen molar-refractivity contribution in [1.29, 1.82) is 0 Å². The predicted molar refractivity (Wildman–Crippen MR) is 111 cm³/mol. The zero-order valence-corrected chi connectivity index (χ0v) is 16.8. The van der Waals surface area contributed by atoms with Crippen LogP contribution >= 0.6 is 0 Å². The number of carbonyl (C=O) groups is 3. The van der Waals surface area contributed by atoms with Crippen molar-refractivity contribution in [1.82, 2.24) is 4.98 Å². The highest BCUT2D eigenvalue weighted by Crippen LogP contribution is 2.32. The molecule has 7 heteroatoms. The molecule has 3 rings (SSSR count). The van der Waals surface area contributed by atoms with Gasteiger partial charge >= 0.3 is 5.97 Å². The molecule has 2 aromatic carbocycles. The molecule has 1 aromatic heterocycles. The second-order valence-corrected chi connectivity index (χ2v) is 6.75. The lowest BCUT2D eigenvalue weighted by atomic mass is 9.98. The molecule has 0 aliphatic rings. The summed E-state index contributed by atoms with van der Waals surface area (Å²) in [6, 6.07) is 12.3. The van der Waals surface area contributed by atoms with E-state index in [4.69, 9.17) is 4.74 Å². The smallest absolute Gasteiger partial charge is 0.340 e. The summed E-state index contributed by atoms with van der Waals surface area (Å²) in [6.45, 7) is 5.32. The van der Waals surface area contributed by atoms with Gasteiger partial charge in [0, 0.05) is 16.9 Å². The van der Waals surface area contributed by atoms with Crippen LogP contribution in [0.5, 0.6) is 0 Å². The van der Waals surface area contributed by atoms with Crippen molar-refractivity contribution < 1.29 is 23.5 Å². The molecule has 0 unspecified atom stereocenters. The number of Topliss-reactive ketones (excluding diaryl/α,β-unsaturated/α-hetero) is 1. The molecule has 1 heterocycles. The van der Waals surface area contributed by atoms with Crippen molar-refractivity contribution >= 4 is 23.3 Å². The summed E-state index contributed by atoms with van der Waals surface area (Å²) in [5.41, 5.74) is 2.54. The first kappa shape index (κ1) is 21.0. The number of halogens is 1. The zero-order valence-electron chi connectivity index (χ0n) is 16.8. The van der Waals surface area contributed by atoms with Crippen molar-refractivity contribution in [2.75, 3.05) is 11.9 Å². The molecule has 0 bridgehead atoms. The Morgan fingerprint density at radius 3 is 2.23 bits per heavy atom. The average Bonchev–Trinajstić information content (AvgIpc) is 3.07. The number of esters is 1. The molecule has 30 heavy (non-hydrogen) atoms. The van der Waals surface area contributed by atoms with Crippen LogP contribution in [0.4, 0.5) is 10.1 Å². The highest BCUT2D eigenvalue weighted by atomic mass is 19.1. The average molecular weight is 408 g/mol. The number of ketones is 1. The lowest BCUT2D eigenvalue weighted by Gasteiger charge is -2.09. The van der Waals surface area contributed by atoms with E-state index in [-0.39, 0.29) is 23.4 Å². The van der Waals surface area contributed by atoms with Gasteiger partial charge in [-0.3, -0.25) is 9.59 Å². The Bertz CT molecular complexity index is 1100. The van der Waals surface area contributed by atoms with Gasteiger partial charge in [0.15, 0.2) is 0 Å². The van der Waals surface area contributed by atoms with Gasteiger partial charge in [0.05, 0.1) is 12.2 Å². The molecule has 3 aromatic rings. The molecule has 1 amide bonds. The van der Waals surface area contributed by atoms with Crippen LogP contribution in [-0.4, -0.2) is 29.3 Å². The number of aryl methyl sites for hydroxylation is 2. The summed E-state index contributed by atoms with van der Waals surface area (Å²) < 4.78 is 18.5. The summed E-state index contributed by atoms with van der Waals surface area (Å²) in [6.07, 6.45) is 0. The highest BCUT2D eigenvalue weighted by molar-refractivity contribution is 6.47. The Labute approximate surface area is 173 Å². The maximum absolute atomic E-state index is 13.4. The Morgan fingerprint density at radius 1 is 1.00 bits per heavy atom. The number of anilines is 1. The minimum atomic E-state index is -0.862. The van der Waals surface area contributed by atoms with Gasteiger partial charge in [0.2, 0.25) is 0 Å². The fourth-order valence-corrected chi connectivity index (χ4v) is 3.10. The highest BCUT2D eigenvalue weighted by Gasteiger charge is 2.29. The van der Waals surface area contributed by atoms with E-state index < -0.39 is 23.5 Å². The molecule has 0 aliphatic carbocycles. The van der Waals surface area contributed by atoms with Crippen molar-refractivity contribution in [2.24, 2.45) is 0 Å². The number of carbonyl (C=O) groups excluding carboxylic acids is 3. The summed E-state index contributed by atoms with van der Waals surface area (Å²) in [5, 5.41) is 2.55. The van der Waals surface area contributed by atoms with E-state index in [2.05, 4.69) is 10.3 Å². The molecule has 154 valence electrons. The maximum atomic E-state index is 13.4. The number of ether oxygens (including phenoxy) is 1. The van der Waals surface area contributed by atoms with Gasteiger partial charge in [-0.2, -0.15) is 0 Å². The molecule has 6 nitrogen and oxygen atoms in total. The SMILES string of the molecule is CCOC(=O)c1c(C)[nH]c(C(=O)C(=O)Nc2ccc(C)cc2)c1-c1ccc(F)cc1. The summed E-state index contributed by atoms with van der Waals surface area (Å²) >= 11 is 0. The number of nitrogens with one attached hydrogen (secondary N) is 2. The molecular formula is C23H21FN2O4. The molecular weight excluding hydrogens is 387 g/mol. The minimum absolute atomic E-state index is 0.0632. The van der Waals surface area contributed by atoms with Gasteiger partial charge in [-0.15, -0.1) is 0 Å².